The number of aliphatic hydroxyl groups is 1. The minimum absolute atomic E-state index is 0.0385. The predicted octanol–water partition coefficient (Wildman–Crippen LogP) is 5.28. The molecule has 1 aromatic heterocycles. The normalized spacial score (nSPS) is 10.8. The fraction of sp³-hybridized carbons (Fsp3) is 0.0625. The first kappa shape index (κ1) is 14.5. The van der Waals surface area contributed by atoms with Gasteiger partial charge in [0.15, 0.2) is 0 Å². The standard InChI is InChI=1S/C16H11Cl2NOS/c17-12-5-1-10(2-6-12)15-14(9-20)21-19-16(15)11-3-7-13(18)8-4-11/h1-8,20H,9H2. The van der Waals surface area contributed by atoms with E-state index in [-0.39, 0.29) is 6.61 Å². The molecule has 3 rings (SSSR count). The zero-order valence-electron chi connectivity index (χ0n) is 10.9. The molecule has 3 aromatic rings. The lowest BCUT2D eigenvalue weighted by molar-refractivity contribution is 0.286. The lowest BCUT2D eigenvalue weighted by Crippen LogP contribution is -1.87. The maximum Gasteiger partial charge on any atom is 0.0922 e. The minimum atomic E-state index is -0.0385. The number of hydrogen-bond acceptors (Lipinski definition) is 3. The molecule has 0 spiro atoms. The van der Waals surface area contributed by atoms with Crippen molar-refractivity contribution in [2.45, 2.75) is 6.61 Å². The Morgan fingerprint density at radius 2 is 1.38 bits per heavy atom. The first-order valence-corrected chi connectivity index (χ1v) is 7.83. The van der Waals surface area contributed by atoms with Crippen molar-refractivity contribution < 1.29 is 5.11 Å². The van der Waals surface area contributed by atoms with Crippen molar-refractivity contribution in [3.63, 3.8) is 0 Å². The van der Waals surface area contributed by atoms with Gasteiger partial charge in [-0.05, 0) is 41.4 Å². The Labute approximate surface area is 136 Å². The van der Waals surface area contributed by atoms with Crippen LogP contribution in [0.4, 0.5) is 0 Å². The van der Waals surface area contributed by atoms with Crippen molar-refractivity contribution in [3.8, 4) is 22.4 Å². The smallest absolute Gasteiger partial charge is 0.0922 e. The molecular weight excluding hydrogens is 325 g/mol. The van der Waals surface area contributed by atoms with Crippen molar-refractivity contribution in [2.24, 2.45) is 0 Å². The molecule has 0 fully saturated rings. The SMILES string of the molecule is OCc1snc(-c2ccc(Cl)cc2)c1-c1ccc(Cl)cc1. The first-order chi connectivity index (χ1) is 10.2. The zero-order valence-corrected chi connectivity index (χ0v) is 13.2. The van der Waals surface area contributed by atoms with Crippen molar-refractivity contribution in [2.75, 3.05) is 0 Å². The molecule has 106 valence electrons. The molecule has 0 atom stereocenters. The summed E-state index contributed by atoms with van der Waals surface area (Å²) in [4.78, 5) is 0.835. The van der Waals surface area contributed by atoms with Crippen LogP contribution in [-0.2, 0) is 6.61 Å². The Kier molecular flexibility index (Phi) is 4.27. The van der Waals surface area contributed by atoms with Crippen molar-refractivity contribution in [3.05, 3.63) is 63.5 Å². The van der Waals surface area contributed by atoms with Crippen LogP contribution in [0, 0.1) is 0 Å². The topological polar surface area (TPSA) is 33.1 Å². The number of rotatable bonds is 3. The van der Waals surface area contributed by atoms with Crippen molar-refractivity contribution >= 4 is 34.7 Å². The van der Waals surface area contributed by atoms with E-state index in [9.17, 15) is 5.11 Å². The number of hydrogen-bond donors (Lipinski definition) is 1. The Morgan fingerprint density at radius 1 is 0.857 bits per heavy atom. The average Bonchev–Trinajstić information content (AvgIpc) is 2.93. The second kappa shape index (κ2) is 6.16. The molecule has 2 nitrogen and oxygen atoms in total. The van der Waals surface area contributed by atoms with Crippen molar-refractivity contribution in [1.82, 2.24) is 4.37 Å². The van der Waals surface area contributed by atoms with Gasteiger partial charge in [0, 0.05) is 21.2 Å². The van der Waals surface area contributed by atoms with E-state index in [4.69, 9.17) is 23.2 Å². The highest BCUT2D eigenvalue weighted by atomic mass is 35.5. The molecule has 0 bridgehead atoms. The Balaban J connectivity index is 2.16. The Morgan fingerprint density at radius 3 is 1.90 bits per heavy atom. The van der Waals surface area contributed by atoms with Crippen LogP contribution in [0.1, 0.15) is 4.88 Å². The quantitative estimate of drug-likeness (QED) is 0.706. The Bertz CT molecular complexity index is 751. The van der Waals surface area contributed by atoms with Crippen LogP contribution >= 0.6 is 34.7 Å². The summed E-state index contributed by atoms with van der Waals surface area (Å²) < 4.78 is 4.49. The molecule has 0 amide bonds. The van der Waals surface area contributed by atoms with Gasteiger partial charge in [-0.2, -0.15) is 4.37 Å². The third-order valence-electron chi connectivity index (χ3n) is 3.16. The van der Waals surface area contributed by atoms with E-state index in [0.717, 1.165) is 27.3 Å². The molecule has 1 heterocycles. The van der Waals surface area contributed by atoms with Crippen LogP contribution in [0.5, 0.6) is 0 Å². The number of halogens is 2. The lowest BCUT2D eigenvalue weighted by atomic mass is 10.00. The van der Waals surface area contributed by atoms with Crippen LogP contribution in [0.25, 0.3) is 22.4 Å². The molecule has 2 aromatic carbocycles. The lowest BCUT2D eigenvalue weighted by Gasteiger charge is -2.06. The van der Waals surface area contributed by atoms with Gasteiger partial charge in [-0.15, -0.1) is 0 Å². The summed E-state index contributed by atoms with van der Waals surface area (Å²) in [5.41, 5.74) is 3.76. The van der Waals surface area contributed by atoms with Crippen LogP contribution in [0.3, 0.4) is 0 Å². The molecule has 21 heavy (non-hydrogen) atoms. The fourth-order valence-electron chi connectivity index (χ4n) is 2.15. The van der Waals surface area contributed by atoms with E-state index in [1.165, 1.54) is 11.5 Å². The highest BCUT2D eigenvalue weighted by molar-refractivity contribution is 7.06. The second-order valence-corrected chi connectivity index (χ2v) is 6.23. The van der Waals surface area contributed by atoms with Gasteiger partial charge in [-0.1, -0.05) is 47.5 Å². The summed E-state index contributed by atoms with van der Waals surface area (Å²) >= 11 is 13.2. The highest BCUT2D eigenvalue weighted by Crippen LogP contribution is 2.37. The summed E-state index contributed by atoms with van der Waals surface area (Å²) in [6, 6.07) is 15.1. The molecule has 0 unspecified atom stereocenters. The molecule has 1 N–H and O–H groups in total. The van der Waals surface area contributed by atoms with Crippen molar-refractivity contribution in [1.29, 1.82) is 0 Å². The number of nitrogens with zero attached hydrogens (tertiary/aromatic N) is 1. The second-order valence-electron chi connectivity index (χ2n) is 4.50. The molecular formula is C16H11Cl2NOS. The minimum Gasteiger partial charge on any atom is -0.391 e. The Hall–Kier alpha value is -1.39. The largest absolute Gasteiger partial charge is 0.391 e. The van der Waals surface area contributed by atoms with Crippen LogP contribution in [0.15, 0.2) is 48.5 Å². The maximum atomic E-state index is 9.56. The van der Waals surface area contributed by atoms with Gasteiger partial charge in [0.25, 0.3) is 0 Å². The predicted molar refractivity (Wildman–Crippen MR) is 88.9 cm³/mol. The molecule has 0 aliphatic heterocycles. The monoisotopic (exact) mass is 335 g/mol. The van der Waals surface area contributed by atoms with Crippen LogP contribution < -0.4 is 0 Å². The molecule has 5 heteroatoms. The van der Waals surface area contributed by atoms with E-state index < -0.39 is 0 Å². The van der Waals surface area contributed by atoms with Crippen LogP contribution in [0.2, 0.25) is 10.0 Å². The third-order valence-corrected chi connectivity index (χ3v) is 4.49. The summed E-state index contributed by atoms with van der Waals surface area (Å²) in [7, 11) is 0. The van der Waals surface area contributed by atoms with E-state index in [2.05, 4.69) is 4.37 Å². The van der Waals surface area contributed by atoms with Gasteiger partial charge < -0.3 is 5.11 Å². The van der Waals surface area contributed by atoms with Gasteiger partial charge >= 0.3 is 0 Å². The van der Waals surface area contributed by atoms with E-state index in [1.54, 1.807) is 0 Å². The average molecular weight is 336 g/mol. The molecule has 0 saturated heterocycles. The molecule has 0 aliphatic rings. The van der Waals surface area contributed by atoms with E-state index >= 15 is 0 Å². The molecule has 0 aliphatic carbocycles. The van der Waals surface area contributed by atoms with Crippen LogP contribution in [-0.4, -0.2) is 9.48 Å². The molecule has 0 radical (unpaired) electrons. The molecule has 0 saturated carbocycles. The summed E-state index contributed by atoms with van der Waals surface area (Å²) in [6.07, 6.45) is 0. The maximum absolute atomic E-state index is 9.56. The summed E-state index contributed by atoms with van der Waals surface area (Å²) in [5, 5.41) is 10.9. The van der Waals surface area contributed by atoms with E-state index in [0.29, 0.717) is 10.0 Å². The van der Waals surface area contributed by atoms with Gasteiger partial charge in [0.05, 0.1) is 17.2 Å². The summed E-state index contributed by atoms with van der Waals surface area (Å²) in [6.45, 7) is -0.0385. The number of aliphatic hydroxyl groups excluding tert-OH is 1. The van der Waals surface area contributed by atoms with Gasteiger partial charge in [0.2, 0.25) is 0 Å². The highest BCUT2D eigenvalue weighted by Gasteiger charge is 2.16. The van der Waals surface area contributed by atoms with Gasteiger partial charge in [0.1, 0.15) is 0 Å². The first-order valence-electron chi connectivity index (χ1n) is 6.30. The van der Waals surface area contributed by atoms with E-state index in [1.807, 2.05) is 48.5 Å². The fourth-order valence-corrected chi connectivity index (χ4v) is 3.16. The summed E-state index contributed by atoms with van der Waals surface area (Å²) in [5.74, 6) is 0. The number of aromatic nitrogens is 1. The zero-order chi connectivity index (χ0) is 14.8. The van der Waals surface area contributed by atoms with Gasteiger partial charge in [-0.3, -0.25) is 0 Å². The number of benzene rings is 2. The van der Waals surface area contributed by atoms with Gasteiger partial charge in [-0.25, -0.2) is 0 Å². The third kappa shape index (κ3) is 2.97.